The first kappa shape index (κ1) is 21.2. The number of aliphatic hydroxyl groups excluding tert-OH is 1. The number of ether oxygens (including phenoxy) is 1. The van der Waals surface area contributed by atoms with Gasteiger partial charge >= 0.3 is 0 Å². The monoisotopic (exact) mass is 440 g/mol. The summed E-state index contributed by atoms with van der Waals surface area (Å²) in [5.74, 6) is 0.893. The minimum absolute atomic E-state index is 0.0863. The topological polar surface area (TPSA) is 62.0 Å². The van der Waals surface area contributed by atoms with Crippen LogP contribution in [-0.2, 0) is 13.6 Å². The van der Waals surface area contributed by atoms with Crippen LogP contribution in [0.1, 0.15) is 12.6 Å². The van der Waals surface area contributed by atoms with Crippen molar-refractivity contribution in [3.8, 4) is 5.75 Å². The van der Waals surface area contributed by atoms with Gasteiger partial charge in [0.2, 0.25) is 0 Å². The Morgan fingerprint density at radius 1 is 1.41 bits per heavy atom. The predicted octanol–water partition coefficient (Wildman–Crippen LogP) is 2.76. The van der Waals surface area contributed by atoms with E-state index in [1.807, 2.05) is 32.1 Å². The first-order valence-corrected chi connectivity index (χ1v) is 9.55. The van der Waals surface area contributed by atoms with Gasteiger partial charge in [-0.15, -0.1) is 0 Å². The molecule has 0 fully saturated rings. The Bertz CT molecular complexity index is 749. The number of benzene rings is 1. The Morgan fingerprint density at radius 2 is 2.11 bits per heavy atom. The van der Waals surface area contributed by atoms with E-state index < -0.39 is 6.10 Å². The fourth-order valence-electron chi connectivity index (χ4n) is 2.48. The Hall–Kier alpha value is -2.06. The lowest BCUT2D eigenvalue weighted by Gasteiger charge is -2.23. The molecule has 148 valence electrons. The van der Waals surface area contributed by atoms with Crippen molar-refractivity contribution < 1.29 is 14.2 Å². The third-order valence-electron chi connectivity index (χ3n) is 3.88. The van der Waals surface area contributed by atoms with E-state index in [2.05, 4.69) is 36.9 Å². The van der Waals surface area contributed by atoms with E-state index in [0.29, 0.717) is 18.3 Å². The van der Waals surface area contributed by atoms with Gasteiger partial charge in [0, 0.05) is 37.0 Å². The van der Waals surface area contributed by atoms with Crippen LogP contribution in [0.15, 0.2) is 46.0 Å². The van der Waals surface area contributed by atoms with E-state index in [1.165, 1.54) is 24.3 Å². The highest BCUT2D eigenvalue weighted by atomic mass is 79.9. The molecule has 0 amide bonds. The van der Waals surface area contributed by atoms with E-state index in [-0.39, 0.29) is 19.0 Å². The van der Waals surface area contributed by atoms with Crippen molar-refractivity contribution in [2.45, 2.75) is 19.6 Å². The number of hydrogen-bond acceptors (Lipinski definition) is 3. The zero-order valence-electron chi connectivity index (χ0n) is 15.8. The van der Waals surface area contributed by atoms with E-state index >= 15 is 0 Å². The standard InChI is InChI=1S/C19H26BrFN4O2/c1-4-22-19(25(3)12-16-9-14(20)11-24(16)2)23-10-17(26)13-27-18-7-5-15(21)6-8-18/h5-9,11,17,26H,4,10,12-13H2,1-3H3,(H,22,23). The molecular weight excluding hydrogens is 415 g/mol. The maximum absolute atomic E-state index is 12.9. The van der Waals surface area contributed by atoms with Crippen LogP contribution in [0.5, 0.6) is 5.75 Å². The summed E-state index contributed by atoms with van der Waals surface area (Å²) in [6.07, 6.45) is 1.24. The maximum Gasteiger partial charge on any atom is 0.194 e. The fourth-order valence-corrected chi connectivity index (χ4v) is 3.05. The molecule has 0 aliphatic heterocycles. The highest BCUT2D eigenvalue weighted by Gasteiger charge is 2.11. The average molecular weight is 441 g/mol. The number of rotatable bonds is 8. The quantitative estimate of drug-likeness (QED) is 0.489. The molecule has 2 N–H and O–H groups in total. The molecule has 1 aromatic heterocycles. The fraction of sp³-hybridized carbons (Fsp3) is 0.421. The van der Waals surface area contributed by atoms with Gasteiger partial charge in [-0.1, -0.05) is 0 Å². The number of aliphatic imine (C=N–C) groups is 1. The first-order valence-electron chi connectivity index (χ1n) is 8.75. The molecule has 0 spiro atoms. The lowest BCUT2D eigenvalue weighted by Crippen LogP contribution is -2.39. The van der Waals surface area contributed by atoms with Crippen LogP contribution in [0.25, 0.3) is 0 Å². The highest BCUT2D eigenvalue weighted by Crippen LogP contribution is 2.15. The highest BCUT2D eigenvalue weighted by molar-refractivity contribution is 9.10. The van der Waals surface area contributed by atoms with Crippen LogP contribution in [-0.4, -0.2) is 53.4 Å². The zero-order valence-corrected chi connectivity index (χ0v) is 17.4. The summed E-state index contributed by atoms with van der Waals surface area (Å²) in [5, 5.41) is 13.4. The largest absolute Gasteiger partial charge is 0.491 e. The van der Waals surface area contributed by atoms with Crippen molar-refractivity contribution in [3.05, 3.63) is 52.5 Å². The van der Waals surface area contributed by atoms with Crippen molar-refractivity contribution in [1.29, 1.82) is 0 Å². The Balaban J connectivity index is 1.90. The number of guanidine groups is 1. The van der Waals surface area contributed by atoms with Crippen LogP contribution >= 0.6 is 15.9 Å². The Labute approximate surface area is 167 Å². The number of aromatic nitrogens is 1. The molecule has 8 heteroatoms. The van der Waals surface area contributed by atoms with Crippen LogP contribution in [0, 0.1) is 5.82 Å². The predicted molar refractivity (Wildman–Crippen MR) is 108 cm³/mol. The van der Waals surface area contributed by atoms with Crippen LogP contribution in [0.3, 0.4) is 0 Å². The molecule has 6 nitrogen and oxygen atoms in total. The third-order valence-corrected chi connectivity index (χ3v) is 4.31. The van der Waals surface area contributed by atoms with Crippen LogP contribution in [0.4, 0.5) is 4.39 Å². The smallest absolute Gasteiger partial charge is 0.194 e. The number of nitrogens with one attached hydrogen (secondary N) is 1. The van der Waals surface area contributed by atoms with Crippen molar-refractivity contribution in [3.63, 3.8) is 0 Å². The molecule has 1 unspecified atom stereocenters. The van der Waals surface area contributed by atoms with Crippen LogP contribution < -0.4 is 10.1 Å². The van der Waals surface area contributed by atoms with Gasteiger partial charge in [-0.2, -0.15) is 0 Å². The van der Waals surface area contributed by atoms with Gasteiger partial charge in [0.15, 0.2) is 5.96 Å². The van der Waals surface area contributed by atoms with Gasteiger partial charge < -0.3 is 24.6 Å². The van der Waals surface area contributed by atoms with Gasteiger partial charge in [-0.3, -0.25) is 4.99 Å². The van der Waals surface area contributed by atoms with Gasteiger partial charge in [-0.25, -0.2) is 4.39 Å². The molecule has 1 heterocycles. The molecule has 27 heavy (non-hydrogen) atoms. The van der Waals surface area contributed by atoms with Crippen LogP contribution in [0.2, 0.25) is 0 Å². The second-order valence-corrected chi connectivity index (χ2v) is 7.15. The van der Waals surface area contributed by atoms with E-state index in [4.69, 9.17) is 4.74 Å². The molecule has 0 bridgehead atoms. The number of aliphatic hydroxyl groups is 1. The minimum Gasteiger partial charge on any atom is -0.491 e. The summed E-state index contributed by atoms with van der Waals surface area (Å²) in [5.41, 5.74) is 1.13. The Kier molecular flexibility index (Phi) is 8.12. The molecule has 0 radical (unpaired) electrons. The van der Waals surface area contributed by atoms with Crippen molar-refractivity contribution >= 4 is 21.9 Å². The minimum atomic E-state index is -0.763. The maximum atomic E-state index is 12.9. The SMILES string of the molecule is CCNC(=NCC(O)COc1ccc(F)cc1)N(C)Cc1cc(Br)cn1C. The second kappa shape index (κ2) is 10.3. The summed E-state index contributed by atoms with van der Waals surface area (Å²) in [7, 11) is 3.94. The number of aryl methyl sites for hydroxylation is 1. The zero-order chi connectivity index (χ0) is 19.8. The number of hydrogen-bond donors (Lipinski definition) is 2. The van der Waals surface area contributed by atoms with E-state index in [9.17, 15) is 9.50 Å². The van der Waals surface area contributed by atoms with E-state index in [1.54, 1.807) is 0 Å². The van der Waals surface area contributed by atoms with Crippen molar-refractivity contribution in [1.82, 2.24) is 14.8 Å². The molecule has 0 aliphatic carbocycles. The summed E-state index contributed by atoms with van der Waals surface area (Å²) in [6, 6.07) is 7.76. The molecule has 0 aliphatic rings. The molecular formula is C19H26BrFN4O2. The summed E-state index contributed by atoms with van der Waals surface area (Å²) in [4.78, 5) is 6.49. The molecule has 2 rings (SSSR count). The summed E-state index contributed by atoms with van der Waals surface area (Å²) < 4.78 is 21.4. The van der Waals surface area contributed by atoms with Gasteiger partial charge in [0.1, 0.15) is 24.3 Å². The lowest BCUT2D eigenvalue weighted by molar-refractivity contribution is 0.114. The molecule has 2 aromatic rings. The number of nitrogens with zero attached hydrogens (tertiary/aromatic N) is 3. The normalized spacial score (nSPS) is 12.7. The van der Waals surface area contributed by atoms with Gasteiger partial charge in [0.05, 0.1) is 13.1 Å². The summed E-state index contributed by atoms with van der Waals surface area (Å²) in [6.45, 7) is 3.68. The Morgan fingerprint density at radius 3 is 2.70 bits per heavy atom. The average Bonchev–Trinajstić information content (AvgIpc) is 2.95. The van der Waals surface area contributed by atoms with E-state index in [0.717, 1.165) is 16.7 Å². The van der Waals surface area contributed by atoms with Crippen molar-refractivity contribution in [2.75, 3.05) is 26.7 Å². The van der Waals surface area contributed by atoms with Gasteiger partial charge in [0.25, 0.3) is 0 Å². The number of halogens is 2. The molecule has 1 atom stereocenters. The van der Waals surface area contributed by atoms with Gasteiger partial charge in [-0.05, 0) is 53.2 Å². The summed E-state index contributed by atoms with van der Waals surface area (Å²) >= 11 is 3.48. The lowest BCUT2D eigenvalue weighted by atomic mass is 10.3. The van der Waals surface area contributed by atoms with Crippen molar-refractivity contribution in [2.24, 2.45) is 12.0 Å². The third kappa shape index (κ3) is 6.88. The second-order valence-electron chi connectivity index (χ2n) is 6.23. The molecule has 1 aromatic carbocycles. The molecule has 0 saturated carbocycles. The molecule has 0 saturated heterocycles. The first-order chi connectivity index (χ1) is 12.9.